The minimum absolute atomic E-state index is 0.352. The fourth-order valence-electron chi connectivity index (χ4n) is 0.385. The van der Waals surface area contributed by atoms with E-state index in [0.717, 1.165) is 12.8 Å². The van der Waals surface area contributed by atoms with Crippen molar-refractivity contribution in [2.24, 2.45) is 0 Å². The van der Waals surface area contributed by atoms with Crippen LogP contribution in [0.5, 0.6) is 0 Å². The van der Waals surface area contributed by atoms with E-state index in [2.05, 4.69) is 4.74 Å². The number of aliphatic hydroxyl groups is 2. The molecule has 4 heteroatoms. The van der Waals surface area contributed by atoms with Crippen LogP contribution in [0.15, 0.2) is 0 Å². The van der Waals surface area contributed by atoms with E-state index in [1.807, 2.05) is 0 Å². The Morgan fingerprint density at radius 2 is 2.00 bits per heavy atom. The van der Waals surface area contributed by atoms with E-state index in [1.54, 1.807) is 0 Å². The van der Waals surface area contributed by atoms with Crippen molar-refractivity contribution in [2.45, 2.75) is 19.3 Å². The molecule has 0 saturated carbocycles. The molecule has 0 aromatic heterocycles. The molecule has 0 aromatic carbocycles. The monoisotopic (exact) mass is 154 g/mol. The van der Waals surface area contributed by atoms with E-state index in [1.165, 1.54) is 0 Å². The van der Waals surface area contributed by atoms with Gasteiger partial charge in [-0.05, 0) is 12.8 Å². The summed E-state index contributed by atoms with van der Waals surface area (Å²) in [5, 5.41) is 16.3. The van der Waals surface area contributed by atoms with E-state index >= 15 is 0 Å². The van der Waals surface area contributed by atoms with Crippen molar-refractivity contribution in [3.05, 3.63) is 0 Å². The third-order valence-electron chi connectivity index (χ3n) is 0.795. The Morgan fingerprint density at radius 1 is 1.33 bits per heavy atom. The van der Waals surface area contributed by atoms with Gasteiger partial charge in [-0.15, -0.1) is 11.6 Å². The quantitative estimate of drug-likeness (QED) is 0.340. The molecule has 0 amide bonds. The fraction of sp³-hybridized carbons (Fsp3) is 1.00. The number of hydrogen-bond acceptors (Lipinski definition) is 3. The molecule has 0 bridgehead atoms. The first-order chi connectivity index (χ1) is 4.27. The minimum Gasteiger partial charge on any atom is -0.346 e. The molecule has 0 radical (unpaired) electrons. The van der Waals surface area contributed by atoms with Crippen molar-refractivity contribution in [1.29, 1.82) is 0 Å². The van der Waals surface area contributed by atoms with Crippen LogP contribution in [0.2, 0.25) is 0 Å². The minimum atomic E-state index is -1.64. The molecule has 0 aliphatic heterocycles. The largest absolute Gasteiger partial charge is 0.346 e. The Balaban J connectivity index is 2.75. The number of unbranched alkanes of at least 4 members (excludes halogenated alkanes) is 1. The zero-order valence-corrected chi connectivity index (χ0v) is 5.84. The van der Waals surface area contributed by atoms with Crippen LogP contribution in [0.4, 0.5) is 0 Å². The van der Waals surface area contributed by atoms with Crippen molar-refractivity contribution in [1.82, 2.24) is 0 Å². The Kier molecular flexibility index (Phi) is 6.41. The van der Waals surface area contributed by atoms with Crippen LogP contribution >= 0.6 is 11.6 Å². The van der Waals surface area contributed by atoms with Crippen molar-refractivity contribution < 1.29 is 14.9 Å². The summed E-state index contributed by atoms with van der Waals surface area (Å²) in [5.74, 6) is 0.588. The summed E-state index contributed by atoms with van der Waals surface area (Å²) in [6.07, 6.45) is 1.61. The highest BCUT2D eigenvalue weighted by molar-refractivity contribution is 6.17. The third-order valence-corrected chi connectivity index (χ3v) is 1.06. The van der Waals surface area contributed by atoms with Crippen molar-refractivity contribution in [2.75, 3.05) is 12.5 Å². The maximum Gasteiger partial charge on any atom is 0.266 e. The average Bonchev–Trinajstić information content (AvgIpc) is 1.80. The normalized spacial score (nSPS) is 10.7. The van der Waals surface area contributed by atoms with Crippen LogP contribution in [0.3, 0.4) is 0 Å². The highest BCUT2D eigenvalue weighted by Gasteiger charge is 1.93. The molecule has 0 aliphatic carbocycles. The van der Waals surface area contributed by atoms with E-state index < -0.39 is 6.48 Å². The molecular formula is C5H11ClO3. The Bertz CT molecular complexity index is 58.2. The van der Waals surface area contributed by atoms with Gasteiger partial charge in [-0.25, -0.2) is 0 Å². The standard InChI is InChI=1S/C5H11ClO3/c6-3-1-2-4-9-5(7)8/h5,7-8H,1-4H2. The van der Waals surface area contributed by atoms with E-state index in [-0.39, 0.29) is 0 Å². The van der Waals surface area contributed by atoms with Crippen LogP contribution in [0, 0.1) is 0 Å². The van der Waals surface area contributed by atoms with E-state index in [4.69, 9.17) is 21.8 Å². The molecule has 0 spiro atoms. The third kappa shape index (κ3) is 8.17. The van der Waals surface area contributed by atoms with Crippen LogP contribution in [0.1, 0.15) is 12.8 Å². The van der Waals surface area contributed by atoms with Gasteiger partial charge in [0.1, 0.15) is 0 Å². The first kappa shape index (κ1) is 9.17. The van der Waals surface area contributed by atoms with E-state index in [0.29, 0.717) is 12.5 Å². The Labute approximate surface area is 59.2 Å². The SMILES string of the molecule is OC(O)OCCCCCl. The van der Waals surface area contributed by atoms with Crippen LogP contribution < -0.4 is 0 Å². The summed E-state index contributed by atoms with van der Waals surface area (Å²) in [7, 11) is 0. The predicted molar refractivity (Wildman–Crippen MR) is 34.1 cm³/mol. The molecule has 0 rings (SSSR count). The second kappa shape index (κ2) is 6.29. The number of ether oxygens (including phenoxy) is 1. The summed E-state index contributed by atoms with van der Waals surface area (Å²) in [6.45, 7) is -1.29. The lowest BCUT2D eigenvalue weighted by Crippen LogP contribution is -2.10. The van der Waals surface area contributed by atoms with Crippen molar-refractivity contribution in [3.63, 3.8) is 0 Å². The molecule has 0 atom stereocenters. The lowest BCUT2D eigenvalue weighted by molar-refractivity contribution is -0.234. The summed E-state index contributed by atoms with van der Waals surface area (Å²) in [6, 6.07) is 0. The predicted octanol–water partition coefficient (Wildman–Crippen LogP) is 0.290. The van der Waals surface area contributed by atoms with Gasteiger partial charge < -0.3 is 14.9 Å². The highest BCUT2D eigenvalue weighted by atomic mass is 35.5. The molecule has 0 fully saturated rings. The molecular weight excluding hydrogens is 144 g/mol. The van der Waals surface area contributed by atoms with Gasteiger partial charge in [-0.3, -0.25) is 0 Å². The van der Waals surface area contributed by atoms with Gasteiger partial charge in [-0.1, -0.05) is 0 Å². The summed E-state index contributed by atoms with van der Waals surface area (Å²) in [5.41, 5.74) is 0. The number of aliphatic hydroxyl groups excluding tert-OH is 1. The van der Waals surface area contributed by atoms with Crippen molar-refractivity contribution >= 4 is 11.6 Å². The van der Waals surface area contributed by atoms with Gasteiger partial charge in [0.2, 0.25) is 0 Å². The van der Waals surface area contributed by atoms with Gasteiger partial charge in [-0.2, -0.15) is 0 Å². The number of hydrogen-bond donors (Lipinski definition) is 2. The zero-order valence-electron chi connectivity index (χ0n) is 5.09. The lowest BCUT2D eigenvalue weighted by atomic mass is 10.4. The molecule has 0 saturated heterocycles. The molecule has 0 heterocycles. The molecule has 0 aromatic rings. The molecule has 0 unspecified atom stereocenters. The van der Waals surface area contributed by atoms with Gasteiger partial charge in [0, 0.05) is 5.88 Å². The maximum absolute atomic E-state index is 8.15. The van der Waals surface area contributed by atoms with Crippen molar-refractivity contribution in [3.8, 4) is 0 Å². The first-order valence-electron chi connectivity index (χ1n) is 2.81. The number of rotatable bonds is 5. The number of halogens is 1. The zero-order chi connectivity index (χ0) is 7.11. The second-order valence-corrected chi connectivity index (χ2v) is 1.97. The molecule has 0 aliphatic rings. The second-order valence-electron chi connectivity index (χ2n) is 1.59. The molecule has 56 valence electrons. The Hall–Kier alpha value is 0.170. The smallest absolute Gasteiger partial charge is 0.266 e. The summed E-state index contributed by atoms with van der Waals surface area (Å²) >= 11 is 5.34. The summed E-state index contributed by atoms with van der Waals surface area (Å²) in [4.78, 5) is 0. The average molecular weight is 155 g/mol. The fourth-order valence-corrected chi connectivity index (χ4v) is 0.574. The topological polar surface area (TPSA) is 49.7 Å². The van der Waals surface area contributed by atoms with Gasteiger partial charge in [0.15, 0.2) is 0 Å². The van der Waals surface area contributed by atoms with Gasteiger partial charge in [0.25, 0.3) is 6.48 Å². The van der Waals surface area contributed by atoms with Crippen LogP contribution in [-0.4, -0.2) is 29.2 Å². The van der Waals surface area contributed by atoms with E-state index in [9.17, 15) is 0 Å². The highest BCUT2D eigenvalue weighted by Crippen LogP contribution is 1.92. The first-order valence-corrected chi connectivity index (χ1v) is 3.34. The Morgan fingerprint density at radius 3 is 2.44 bits per heavy atom. The summed E-state index contributed by atoms with van der Waals surface area (Å²) < 4.78 is 4.40. The molecule has 2 N–H and O–H groups in total. The van der Waals surface area contributed by atoms with Crippen LogP contribution in [-0.2, 0) is 4.74 Å². The maximum atomic E-state index is 8.15. The lowest BCUT2D eigenvalue weighted by Gasteiger charge is -2.02. The van der Waals surface area contributed by atoms with Gasteiger partial charge >= 0.3 is 0 Å². The number of alkyl halides is 1. The molecule has 3 nitrogen and oxygen atoms in total. The van der Waals surface area contributed by atoms with Crippen LogP contribution in [0.25, 0.3) is 0 Å². The molecule has 9 heavy (non-hydrogen) atoms. The van der Waals surface area contributed by atoms with Gasteiger partial charge in [0.05, 0.1) is 6.61 Å².